The van der Waals surface area contributed by atoms with E-state index < -0.39 is 17.7 Å². The average Bonchev–Trinajstić information content (AvgIpc) is 2.78. The van der Waals surface area contributed by atoms with Gasteiger partial charge in [0, 0.05) is 6.54 Å². The Morgan fingerprint density at radius 1 is 1.09 bits per heavy atom. The van der Waals surface area contributed by atoms with Crippen LogP contribution in [0.2, 0.25) is 0 Å². The summed E-state index contributed by atoms with van der Waals surface area (Å²) in [6.07, 6.45) is -1.81. The summed E-state index contributed by atoms with van der Waals surface area (Å²) in [5.41, 5.74) is 1.35. The molecule has 0 aliphatic carbocycles. The number of alkyl halides is 3. The lowest BCUT2D eigenvalue weighted by molar-refractivity contribution is -0.137. The van der Waals surface area contributed by atoms with Crippen LogP contribution >= 0.6 is 0 Å². The summed E-state index contributed by atoms with van der Waals surface area (Å²) in [6.45, 7) is 2.99. The molecule has 1 heterocycles. The van der Waals surface area contributed by atoms with E-state index in [1.165, 1.54) is 19.2 Å². The molecule has 1 aliphatic heterocycles. The number of amides is 1. The van der Waals surface area contributed by atoms with Gasteiger partial charge in [-0.1, -0.05) is 30.7 Å². The van der Waals surface area contributed by atoms with Crippen molar-refractivity contribution in [2.24, 2.45) is 0 Å². The van der Waals surface area contributed by atoms with Gasteiger partial charge in [0.25, 0.3) is 0 Å². The first kappa shape index (κ1) is 23.8. The first-order chi connectivity index (χ1) is 15.2. The fraction of sp³-hybridized carbons (Fsp3) is 0.417. The number of methoxy groups -OCH3 is 1. The largest absolute Gasteiger partial charge is 0.465 e. The van der Waals surface area contributed by atoms with E-state index in [4.69, 9.17) is 4.74 Å². The summed E-state index contributed by atoms with van der Waals surface area (Å²) in [7, 11) is 1.32. The van der Waals surface area contributed by atoms with Crippen molar-refractivity contribution in [2.45, 2.75) is 51.0 Å². The number of hydrogen-bond acceptors (Lipinski definition) is 4. The van der Waals surface area contributed by atoms with Crippen molar-refractivity contribution in [2.75, 3.05) is 13.7 Å². The minimum atomic E-state index is -4.36. The number of piperidine rings is 1. The number of nitrogens with one attached hydrogen (secondary N) is 1. The molecule has 0 bridgehead atoms. The van der Waals surface area contributed by atoms with Gasteiger partial charge >= 0.3 is 12.1 Å². The van der Waals surface area contributed by atoms with Crippen LogP contribution < -0.4 is 5.32 Å². The van der Waals surface area contributed by atoms with E-state index in [-0.39, 0.29) is 18.0 Å². The highest BCUT2D eigenvalue weighted by Crippen LogP contribution is 2.29. The third-order valence-electron chi connectivity index (χ3n) is 5.77. The van der Waals surface area contributed by atoms with Gasteiger partial charge in [-0.15, -0.1) is 0 Å². The van der Waals surface area contributed by atoms with Crippen molar-refractivity contribution >= 4 is 11.9 Å². The number of rotatable bonds is 6. The normalized spacial score (nSPS) is 18.1. The first-order valence-corrected chi connectivity index (χ1v) is 10.6. The quantitative estimate of drug-likeness (QED) is 0.650. The molecule has 5 nitrogen and oxygen atoms in total. The van der Waals surface area contributed by atoms with Gasteiger partial charge in [0.05, 0.1) is 30.3 Å². The minimum Gasteiger partial charge on any atom is -0.465 e. The molecule has 0 aromatic heterocycles. The van der Waals surface area contributed by atoms with Gasteiger partial charge in [0.15, 0.2) is 0 Å². The van der Waals surface area contributed by atoms with Crippen LogP contribution in [0.25, 0.3) is 0 Å². The fourth-order valence-electron chi connectivity index (χ4n) is 3.93. The van der Waals surface area contributed by atoms with Gasteiger partial charge in [-0.05, 0) is 61.7 Å². The number of esters is 1. The van der Waals surface area contributed by atoms with E-state index in [9.17, 15) is 22.8 Å². The number of nitrogens with zero attached hydrogens (tertiary/aromatic N) is 1. The second-order valence-electron chi connectivity index (χ2n) is 8.02. The number of halogens is 3. The summed E-state index contributed by atoms with van der Waals surface area (Å²) < 4.78 is 43.1. The maximum atomic E-state index is 13.0. The second-order valence-corrected chi connectivity index (χ2v) is 8.02. The van der Waals surface area contributed by atoms with Gasteiger partial charge < -0.3 is 10.1 Å². The summed E-state index contributed by atoms with van der Waals surface area (Å²) in [5.74, 6) is -0.532. The molecule has 172 valence electrons. The lowest BCUT2D eigenvalue weighted by Crippen LogP contribution is -2.49. The van der Waals surface area contributed by atoms with Crippen LogP contribution in [0.4, 0.5) is 13.2 Å². The number of hydrogen-bond donors (Lipinski definition) is 1. The van der Waals surface area contributed by atoms with Gasteiger partial charge in [-0.3, -0.25) is 9.69 Å². The molecular weight excluding hydrogens is 421 g/mol. The zero-order chi connectivity index (χ0) is 23.3. The Hall–Kier alpha value is -2.87. The Labute approximate surface area is 185 Å². The topological polar surface area (TPSA) is 58.6 Å². The number of likely N-dealkylation sites (tertiary alicyclic amines) is 1. The standard InChI is InChI=1S/C24H27F3N2O3/c1-16(18-8-10-19(11-9-18)23(31)32-2)28-22(30)21-5-3-4-14-29(21)15-17-6-12-20(13-7-17)24(25,26)27/h6-13,16,21H,3-5,14-15H2,1-2H3,(H,28,30). The molecule has 32 heavy (non-hydrogen) atoms. The van der Waals surface area contributed by atoms with E-state index in [1.54, 1.807) is 24.3 Å². The number of ether oxygens (including phenoxy) is 1. The Morgan fingerprint density at radius 3 is 2.34 bits per heavy atom. The van der Waals surface area contributed by atoms with Crippen molar-refractivity contribution in [1.82, 2.24) is 10.2 Å². The van der Waals surface area contributed by atoms with Crippen LogP contribution in [0.1, 0.15) is 59.3 Å². The Morgan fingerprint density at radius 2 is 1.75 bits per heavy atom. The van der Waals surface area contributed by atoms with E-state index in [1.807, 2.05) is 11.8 Å². The van der Waals surface area contributed by atoms with Gasteiger partial charge in [0.1, 0.15) is 0 Å². The number of carbonyl (C=O) groups excluding carboxylic acids is 2. The minimum absolute atomic E-state index is 0.110. The summed E-state index contributed by atoms with van der Waals surface area (Å²) >= 11 is 0. The number of carbonyl (C=O) groups is 2. The lowest BCUT2D eigenvalue weighted by Gasteiger charge is -2.35. The molecule has 0 radical (unpaired) electrons. The van der Waals surface area contributed by atoms with Crippen LogP contribution in [-0.4, -0.2) is 36.5 Å². The summed E-state index contributed by atoms with van der Waals surface area (Å²) in [4.78, 5) is 26.6. The second kappa shape index (κ2) is 10.2. The lowest BCUT2D eigenvalue weighted by atomic mass is 9.99. The van der Waals surface area contributed by atoms with E-state index in [0.717, 1.165) is 36.1 Å². The third-order valence-corrected chi connectivity index (χ3v) is 5.77. The average molecular weight is 448 g/mol. The molecule has 2 atom stereocenters. The van der Waals surface area contributed by atoms with Crippen molar-refractivity contribution < 1.29 is 27.5 Å². The smallest absolute Gasteiger partial charge is 0.416 e. The molecular formula is C24H27F3N2O3. The SMILES string of the molecule is COC(=O)c1ccc(C(C)NC(=O)C2CCCCN2Cc2ccc(C(F)(F)F)cc2)cc1. The Bertz CT molecular complexity index is 927. The first-order valence-electron chi connectivity index (χ1n) is 10.6. The maximum Gasteiger partial charge on any atom is 0.416 e. The molecule has 1 amide bonds. The monoisotopic (exact) mass is 448 g/mol. The molecule has 0 saturated carbocycles. The highest BCUT2D eigenvalue weighted by molar-refractivity contribution is 5.89. The van der Waals surface area contributed by atoms with Crippen LogP contribution in [0.5, 0.6) is 0 Å². The molecule has 2 aromatic rings. The molecule has 2 aromatic carbocycles. The molecule has 1 aliphatic rings. The van der Waals surface area contributed by atoms with Gasteiger partial charge in [-0.2, -0.15) is 13.2 Å². The molecule has 1 saturated heterocycles. The van der Waals surface area contributed by atoms with Crippen molar-refractivity contribution in [1.29, 1.82) is 0 Å². The van der Waals surface area contributed by atoms with Crippen molar-refractivity contribution in [3.05, 3.63) is 70.8 Å². The molecule has 1 fully saturated rings. The molecule has 0 spiro atoms. The number of benzene rings is 2. The highest BCUT2D eigenvalue weighted by Gasteiger charge is 2.31. The zero-order valence-corrected chi connectivity index (χ0v) is 18.1. The molecule has 3 rings (SSSR count). The third kappa shape index (κ3) is 5.88. The maximum absolute atomic E-state index is 13.0. The summed E-state index contributed by atoms with van der Waals surface area (Å²) in [6, 6.07) is 11.4. The van der Waals surface area contributed by atoms with E-state index in [2.05, 4.69) is 5.32 Å². The fourth-order valence-corrected chi connectivity index (χ4v) is 3.93. The summed E-state index contributed by atoms with van der Waals surface area (Å²) in [5, 5.41) is 3.03. The highest BCUT2D eigenvalue weighted by atomic mass is 19.4. The molecule has 8 heteroatoms. The predicted octanol–water partition coefficient (Wildman–Crippen LogP) is 4.72. The van der Waals surface area contributed by atoms with Crippen LogP contribution in [0.15, 0.2) is 48.5 Å². The van der Waals surface area contributed by atoms with E-state index >= 15 is 0 Å². The van der Waals surface area contributed by atoms with Crippen molar-refractivity contribution in [3.63, 3.8) is 0 Å². The Kier molecular flexibility index (Phi) is 7.56. The van der Waals surface area contributed by atoms with Gasteiger partial charge in [-0.25, -0.2) is 4.79 Å². The van der Waals surface area contributed by atoms with Crippen LogP contribution in [0.3, 0.4) is 0 Å². The van der Waals surface area contributed by atoms with Crippen LogP contribution in [0, 0.1) is 0 Å². The molecule has 2 unspecified atom stereocenters. The molecule has 1 N–H and O–H groups in total. The van der Waals surface area contributed by atoms with E-state index in [0.29, 0.717) is 25.1 Å². The predicted molar refractivity (Wildman–Crippen MR) is 114 cm³/mol. The zero-order valence-electron chi connectivity index (χ0n) is 18.1. The van der Waals surface area contributed by atoms with Gasteiger partial charge in [0.2, 0.25) is 5.91 Å². The van der Waals surface area contributed by atoms with Crippen LogP contribution in [-0.2, 0) is 22.3 Å². The van der Waals surface area contributed by atoms with Crippen molar-refractivity contribution in [3.8, 4) is 0 Å². The Balaban J connectivity index is 1.64.